The first-order valence-corrected chi connectivity index (χ1v) is 8.90. The molecule has 2 heterocycles. The zero-order valence-electron chi connectivity index (χ0n) is 15.6. The molecule has 1 aromatic carbocycles. The summed E-state index contributed by atoms with van der Waals surface area (Å²) in [6, 6.07) is 10.4. The van der Waals surface area contributed by atoms with Gasteiger partial charge in [-0.2, -0.15) is 0 Å². The van der Waals surface area contributed by atoms with Crippen LogP contribution in [0.2, 0.25) is 0 Å². The SMILES string of the molecule is C[n+]1cccc(C(=O)OCCCCCn2ccc3cc([N+](=O)[O-])ccc32)c1.[I-]. The third-order valence-electron chi connectivity index (χ3n) is 4.42. The van der Waals surface area contributed by atoms with Crippen molar-refractivity contribution in [1.29, 1.82) is 0 Å². The second-order valence-corrected chi connectivity index (χ2v) is 6.46. The lowest BCUT2D eigenvalue weighted by Gasteiger charge is -2.06. The van der Waals surface area contributed by atoms with E-state index in [0.29, 0.717) is 12.2 Å². The maximum atomic E-state index is 12.0. The van der Waals surface area contributed by atoms with Crippen LogP contribution >= 0.6 is 0 Å². The highest BCUT2D eigenvalue weighted by Crippen LogP contribution is 2.22. The van der Waals surface area contributed by atoms with Crippen molar-refractivity contribution in [3.05, 3.63) is 70.7 Å². The van der Waals surface area contributed by atoms with Crippen LogP contribution in [0.4, 0.5) is 5.69 Å². The Morgan fingerprint density at radius 2 is 2.04 bits per heavy atom. The lowest BCUT2D eigenvalue weighted by atomic mass is 10.2. The fourth-order valence-electron chi connectivity index (χ4n) is 3.01. The number of fused-ring (bicyclic) bond motifs is 1. The summed E-state index contributed by atoms with van der Waals surface area (Å²) in [5.41, 5.74) is 1.64. The maximum absolute atomic E-state index is 12.0. The average Bonchev–Trinajstić information content (AvgIpc) is 3.06. The van der Waals surface area contributed by atoms with Crippen molar-refractivity contribution >= 4 is 22.6 Å². The number of hydrogen-bond acceptors (Lipinski definition) is 4. The molecule has 0 radical (unpaired) electrons. The molecular formula is C20H22IN3O4. The Morgan fingerprint density at radius 3 is 2.79 bits per heavy atom. The van der Waals surface area contributed by atoms with Crippen LogP contribution < -0.4 is 28.5 Å². The van der Waals surface area contributed by atoms with Gasteiger partial charge in [0.05, 0.1) is 11.5 Å². The van der Waals surface area contributed by atoms with Gasteiger partial charge in [0.1, 0.15) is 12.6 Å². The molecule has 0 bridgehead atoms. The average molecular weight is 495 g/mol. The summed E-state index contributed by atoms with van der Waals surface area (Å²) < 4.78 is 9.21. The first kappa shape index (κ1) is 21.8. The minimum absolute atomic E-state index is 0. The van der Waals surface area contributed by atoms with Crippen LogP contribution in [0.15, 0.2) is 55.0 Å². The topological polar surface area (TPSA) is 78.2 Å². The van der Waals surface area contributed by atoms with E-state index in [1.807, 2.05) is 36.1 Å². The zero-order valence-corrected chi connectivity index (χ0v) is 17.7. The van der Waals surface area contributed by atoms with E-state index in [9.17, 15) is 14.9 Å². The Balaban J connectivity index is 0.00000280. The predicted molar refractivity (Wildman–Crippen MR) is 100 cm³/mol. The van der Waals surface area contributed by atoms with E-state index in [4.69, 9.17) is 4.74 Å². The van der Waals surface area contributed by atoms with Crippen LogP contribution in [0.25, 0.3) is 10.9 Å². The number of nitro groups is 1. The molecule has 148 valence electrons. The number of non-ortho nitro benzene ring substituents is 1. The van der Waals surface area contributed by atoms with E-state index < -0.39 is 0 Å². The summed E-state index contributed by atoms with van der Waals surface area (Å²) in [6.45, 7) is 1.22. The fraction of sp³-hybridized carbons (Fsp3) is 0.300. The van der Waals surface area contributed by atoms with Gasteiger partial charge in [0.25, 0.3) is 5.69 Å². The van der Waals surface area contributed by atoms with Crippen molar-refractivity contribution < 1.29 is 43.0 Å². The van der Waals surface area contributed by atoms with Crippen LogP contribution in [0.5, 0.6) is 0 Å². The number of hydrogen-bond donors (Lipinski definition) is 0. The number of nitrogens with zero attached hydrogens (tertiary/aromatic N) is 3. The highest BCUT2D eigenvalue weighted by Gasteiger charge is 2.10. The van der Waals surface area contributed by atoms with Crippen molar-refractivity contribution in [2.75, 3.05) is 6.61 Å². The largest absolute Gasteiger partial charge is 1.00 e. The molecule has 0 spiro atoms. The van der Waals surface area contributed by atoms with Gasteiger partial charge in [-0.05, 0) is 37.5 Å². The van der Waals surface area contributed by atoms with Gasteiger partial charge < -0.3 is 33.3 Å². The number of pyridine rings is 1. The van der Waals surface area contributed by atoms with E-state index in [1.54, 1.807) is 24.4 Å². The summed E-state index contributed by atoms with van der Waals surface area (Å²) in [5.74, 6) is -0.302. The van der Waals surface area contributed by atoms with Gasteiger partial charge in [0.2, 0.25) is 0 Å². The Morgan fingerprint density at radius 1 is 1.21 bits per heavy atom. The van der Waals surface area contributed by atoms with E-state index in [1.165, 1.54) is 6.07 Å². The second-order valence-electron chi connectivity index (χ2n) is 6.46. The number of ether oxygens (including phenoxy) is 1. The number of halogens is 1. The van der Waals surface area contributed by atoms with Crippen LogP contribution in [0.3, 0.4) is 0 Å². The van der Waals surface area contributed by atoms with E-state index in [2.05, 4.69) is 4.57 Å². The molecule has 0 aliphatic rings. The Bertz CT molecular complexity index is 971. The van der Waals surface area contributed by atoms with Gasteiger partial charge >= 0.3 is 5.97 Å². The molecule has 0 N–H and O–H groups in total. The molecule has 8 heteroatoms. The molecule has 0 aliphatic carbocycles. The van der Waals surface area contributed by atoms with Gasteiger partial charge in [0, 0.05) is 41.8 Å². The molecule has 0 atom stereocenters. The highest BCUT2D eigenvalue weighted by molar-refractivity contribution is 5.88. The molecule has 0 unspecified atom stereocenters. The first-order valence-electron chi connectivity index (χ1n) is 8.90. The Kier molecular flexibility index (Phi) is 7.91. The number of rotatable bonds is 8. The third kappa shape index (κ3) is 5.51. The molecule has 0 fully saturated rings. The summed E-state index contributed by atoms with van der Waals surface area (Å²) in [6.07, 6.45) is 8.23. The molecule has 28 heavy (non-hydrogen) atoms. The maximum Gasteiger partial charge on any atom is 0.344 e. The molecule has 0 saturated carbocycles. The number of carbonyl (C=O) groups excluding carboxylic acids is 1. The number of esters is 1. The molecule has 3 rings (SSSR count). The number of aromatic nitrogens is 2. The first-order chi connectivity index (χ1) is 13.0. The Labute approximate surface area is 180 Å². The summed E-state index contributed by atoms with van der Waals surface area (Å²) in [7, 11) is 1.86. The molecule has 0 amide bonds. The quantitative estimate of drug-likeness (QED) is 0.113. The highest BCUT2D eigenvalue weighted by atomic mass is 127. The van der Waals surface area contributed by atoms with Gasteiger partial charge in [-0.1, -0.05) is 0 Å². The minimum Gasteiger partial charge on any atom is -1.00 e. The predicted octanol–water partition coefficient (Wildman–Crippen LogP) is 0.405. The monoisotopic (exact) mass is 495 g/mol. The van der Waals surface area contributed by atoms with Crippen molar-refractivity contribution in [2.24, 2.45) is 7.05 Å². The van der Waals surface area contributed by atoms with Gasteiger partial charge in [-0.25, -0.2) is 9.36 Å². The number of unbranched alkanes of at least 4 members (excludes halogenated alkanes) is 2. The van der Waals surface area contributed by atoms with E-state index in [-0.39, 0.29) is 40.6 Å². The lowest BCUT2D eigenvalue weighted by Crippen LogP contribution is -3.00. The molecular weight excluding hydrogens is 473 g/mol. The van der Waals surface area contributed by atoms with Gasteiger partial charge in [-0.15, -0.1) is 0 Å². The van der Waals surface area contributed by atoms with Crippen LogP contribution in [0.1, 0.15) is 29.6 Å². The summed E-state index contributed by atoms with van der Waals surface area (Å²) >= 11 is 0. The fourth-order valence-corrected chi connectivity index (χ4v) is 3.01. The summed E-state index contributed by atoms with van der Waals surface area (Å²) in [5, 5.41) is 11.7. The lowest BCUT2D eigenvalue weighted by molar-refractivity contribution is -0.671. The van der Waals surface area contributed by atoms with E-state index in [0.717, 1.165) is 36.7 Å². The molecule has 3 aromatic rings. The number of aryl methyl sites for hydroxylation is 2. The number of nitro benzene ring substituents is 1. The van der Waals surface area contributed by atoms with Crippen molar-refractivity contribution in [3.63, 3.8) is 0 Å². The Hall–Kier alpha value is -2.49. The molecule has 0 saturated heterocycles. The third-order valence-corrected chi connectivity index (χ3v) is 4.42. The molecule has 7 nitrogen and oxygen atoms in total. The van der Waals surface area contributed by atoms with Gasteiger partial charge in [-0.3, -0.25) is 10.1 Å². The van der Waals surface area contributed by atoms with Gasteiger partial charge in [0.15, 0.2) is 12.4 Å². The smallest absolute Gasteiger partial charge is 0.344 e. The van der Waals surface area contributed by atoms with Crippen LogP contribution in [0, 0.1) is 10.1 Å². The molecule has 2 aromatic heterocycles. The molecule has 0 aliphatic heterocycles. The number of benzene rings is 1. The van der Waals surface area contributed by atoms with Crippen molar-refractivity contribution in [1.82, 2.24) is 4.57 Å². The second kappa shape index (κ2) is 10.2. The summed E-state index contributed by atoms with van der Waals surface area (Å²) in [4.78, 5) is 22.4. The number of carbonyl (C=O) groups is 1. The van der Waals surface area contributed by atoms with Crippen LogP contribution in [-0.2, 0) is 18.3 Å². The zero-order chi connectivity index (χ0) is 19.2. The van der Waals surface area contributed by atoms with Crippen molar-refractivity contribution in [3.8, 4) is 0 Å². The van der Waals surface area contributed by atoms with Crippen molar-refractivity contribution in [2.45, 2.75) is 25.8 Å². The minimum atomic E-state index is -0.381. The standard InChI is InChI=1S/C20H22N3O4.HI/c1-21-10-5-6-17(15-21)20(24)27-13-4-2-3-11-22-12-9-16-14-18(23(25)26)7-8-19(16)22;/h5-10,12,14-15H,2-4,11,13H2,1H3;1H/q+1;/p-1. The normalized spacial score (nSPS) is 10.5. The van der Waals surface area contributed by atoms with E-state index >= 15 is 0 Å². The van der Waals surface area contributed by atoms with Crippen LogP contribution in [-0.4, -0.2) is 22.1 Å².